The Morgan fingerprint density at radius 1 is 1.45 bits per heavy atom. The van der Waals surface area contributed by atoms with Gasteiger partial charge >= 0.3 is 12.1 Å². The Morgan fingerprint density at radius 2 is 1.82 bits per heavy atom. The Hall–Kier alpha value is -0.780. The van der Waals surface area contributed by atoms with Gasteiger partial charge in [-0.15, -0.1) is 0 Å². The third-order valence-electron chi connectivity index (χ3n) is 1.36. The largest absolute Gasteiger partial charge is 0.479 e. The van der Waals surface area contributed by atoms with Gasteiger partial charge in [0, 0.05) is 7.11 Å². The van der Waals surface area contributed by atoms with Gasteiger partial charge in [-0.25, -0.2) is 4.79 Å². The van der Waals surface area contributed by atoms with Gasteiger partial charge in [0.25, 0.3) is 5.60 Å². The maximum atomic E-state index is 11.8. The number of halogens is 3. The summed E-state index contributed by atoms with van der Waals surface area (Å²) in [4.78, 5) is 10.1. The molecule has 0 saturated heterocycles. The van der Waals surface area contributed by atoms with Crippen molar-refractivity contribution < 1.29 is 27.8 Å². The smallest absolute Gasteiger partial charge is 0.428 e. The van der Waals surface area contributed by atoms with Gasteiger partial charge < -0.3 is 9.84 Å². The first-order chi connectivity index (χ1) is 4.75. The topological polar surface area (TPSA) is 46.5 Å². The summed E-state index contributed by atoms with van der Waals surface area (Å²) in [6, 6.07) is 0. The maximum absolute atomic E-state index is 11.8. The molecule has 1 N–H and O–H groups in total. The number of ether oxygens (including phenoxy) is 1. The van der Waals surface area contributed by atoms with Crippen molar-refractivity contribution >= 4 is 5.97 Å². The lowest BCUT2D eigenvalue weighted by atomic mass is 10.1. The third kappa shape index (κ3) is 1.62. The normalized spacial score (nSPS) is 17.5. The van der Waals surface area contributed by atoms with Gasteiger partial charge in [-0.1, -0.05) is 0 Å². The first-order valence-corrected chi connectivity index (χ1v) is 2.61. The van der Waals surface area contributed by atoms with E-state index in [1.165, 1.54) is 0 Å². The number of hydrogen-bond donors (Lipinski definition) is 1. The molecule has 1 atom stereocenters. The monoisotopic (exact) mass is 172 g/mol. The first kappa shape index (κ1) is 10.2. The number of hydrogen-bond acceptors (Lipinski definition) is 2. The molecule has 11 heavy (non-hydrogen) atoms. The molecular formula is C5H7F3O3. The summed E-state index contributed by atoms with van der Waals surface area (Å²) in [6.45, 7) is 0.454. The fraction of sp³-hybridized carbons (Fsp3) is 0.800. The predicted octanol–water partition coefficient (Wildman–Crippen LogP) is 1.04. The summed E-state index contributed by atoms with van der Waals surface area (Å²) >= 11 is 0. The van der Waals surface area contributed by atoms with Crippen molar-refractivity contribution in [2.45, 2.75) is 18.7 Å². The number of carbonyl (C=O) groups is 1. The standard InChI is InChI=1S/C5H7F3O3/c1-4(11-2,3(9)10)5(6,7)8/h1-2H3,(H,9,10). The van der Waals surface area contributed by atoms with Crippen molar-refractivity contribution in [3.05, 3.63) is 0 Å². The molecule has 0 radical (unpaired) electrons. The van der Waals surface area contributed by atoms with Gasteiger partial charge in [0.1, 0.15) is 0 Å². The van der Waals surface area contributed by atoms with E-state index in [-0.39, 0.29) is 0 Å². The van der Waals surface area contributed by atoms with Crippen molar-refractivity contribution in [3.8, 4) is 0 Å². The molecule has 6 heteroatoms. The highest BCUT2D eigenvalue weighted by atomic mass is 19.4. The second-order valence-corrected chi connectivity index (χ2v) is 2.04. The van der Waals surface area contributed by atoms with E-state index in [1.54, 1.807) is 0 Å². The van der Waals surface area contributed by atoms with E-state index in [9.17, 15) is 18.0 Å². The molecule has 0 aromatic carbocycles. The van der Waals surface area contributed by atoms with Gasteiger partial charge in [0.05, 0.1) is 0 Å². The minimum Gasteiger partial charge on any atom is -0.479 e. The molecule has 66 valence electrons. The molecule has 0 aromatic heterocycles. The quantitative estimate of drug-likeness (QED) is 0.676. The summed E-state index contributed by atoms with van der Waals surface area (Å²) < 4.78 is 39.4. The summed E-state index contributed by atoms with van der Waals surface area (Å²) in [6.07, 6.45) is -4.90. The van der Waals surface area contributed by atoms with Crippen LogP contribution in [0.2, 0.25) is 0 Å². The van der Waals surface area contributed by atoms with Crippen LogP contribution in [-0.2, 0) is 9.53 Å². The van der Waals surface area contributed by atoms with Gasteiger partial charge in [0.15, 0.2) is 0 Å². The third-order valence-corrected chi connectivity index (χ3v) is 1.36. The average molecular weight is 172 g/mol. The van der Waals surface area contributed by atoms with Crippen LogP contribution < -0.4 is 0 Å². The summed E-state index contributed by atoms with van der Waals surface area (Å²) in [5.74, 6) is -2.05. The molecule has 0 bridgehead atoms. The zero-order valence-electron chi connectivity index (χ0n) is 5.90. The van der Waals surface area contributed by atoms with E-state index in [2.05, 4.69) is 4.74 Å². The Morgan fingerprint density at radius 3 is 1.82 bits per heavy atom. The molecule has 0 saturated carbocycles. The van der Waals surface area contributed by atoms with Crippen molar-refractivity contribution in [1.82, 2.24) is 0 Å². The van der Waals surface area contributed by atoms with Crippen LogP contribution in [0.15, 0.2) is 0 Å². The zero-order chi connectivity index (χ0) is 9.28. The fourth-order valence-electron chi connectivity index (χ4n) is 0.324. The Labute approximate surface area is 60.8 Å². The van der Waals surface area contributed by atoms with E-state index in [1.807, 2.05) is 0 Å². The minimum absolute atomic E-state index is 0.454. The van der Waals surface area contributed by atoms with Crippen LogP contribution in [0.3, 0.4) is 0 Å². The molecule has 3 nitrogen and oxygen atoms in total. The number of methoxy groups -OCH3 is 1. The molecular weight excluding hydrogens is 165 g/mol. The van der Waals surface area contributed by atoms with E-state index < -0.39 is 17.7 Å². The lowest BCUT2D eigenvalue weighted by Gasteiger charge is -2.25. The van der Waals surface area contributed by atoms with E-state index >= 15 is 0 Å². The van der Waals surface area contributed by atoms with Crippen LogP contribution in [-0.4, -0.2) is 30.0 Å². The second-order valence-electron chi connectivity index (χ2n) is 2.04. The molecule has 0 aromatic rings. The summed E-state index contributed by atoms with van der Waals surface area (Å²) in [5.41, 5.74) is -3.10. The lowest BCUT2D eigenvalue weighted by molar-refractivity contribution is -0.261. The number of aliphatic carboxylic acids is 1. The highest BCUT2D eigenvalue weighted by molar-refractivity contribution is 5.78. The van der Waals surface area contributed by atoms with E-state index in [0.717, 1.165) is 0 Å². The van der Waals surface area contributed by atoms with Crippen molar-refractivity contribution in [2.24, 2.45) is 0 Å². The Kier molecular flexibility index (Phi) is 2.50. The number of carboxylic acid groups (broad SMARTS) is 1. The molecule has 0 fully saturated rings. The summed E-state index contributed by atoms with van der Waals surface area (Å²) in [5, 5.41) is 8.12. The SMILES string of the molecule is COC(C)(C(=O)O)C(F)(F)F. The fourth-order valence-corrected chi connectivity index (χ4v) is 0.324. The molecule has 1 unspecified atom stereocenters. The van der Waals surface area contributed by atoms with Gasteiger partial charge in [0.2, 0.25) is 0 Å². The van der Waals surface area contributed by atoms with Crippen molar-refractivity contribution in [1.29, 1.82) is 0 Å². The van der Waals surface area contributed by atoms with Crippen LogP contribution in [0.25, 0.3) is 0 Å². The number of rotatable bonds is 2. The van der Waals surface area contributed by atoms with Crippen LogP contribution in [0.4, 0.5) is 13.2 Å². The van der Waals surface area contributed by atoms with Crippen LogP contribution in [0, 0.1) is 0 Å². The lowest BCUT2D eigenvalue weighted by Crippen LogP contribution is -2.50. The maximum Gasteiger partial charge on any atom is 0.428 e. The summed E-state index contributed by atoms with van der Waals surface area (Å²) in [7, 11) is 0.696. The molecule has 0 spiro atoms. The van der Waals surface area contributed by atoms with E-state index in [4.69, 9.17) is 5.11 Å². The first-order valence-electron chi connectivity index (χ1n) is 2.61. The Bertz CT molecular complexity index is 165. The van der Waals surface area contributed by atoms with Crippen molar-refractivity contribution in [3.63, 3.8) is 0 Å². The number of carboxylic acids is 1. The molecule has 0 aliphatic heterocycles. The van der Waals surface area contributed by atoms with Crippen LogP contribution >= 0.6 is 0 Å². The van der Waals surface area contributed by atoms with Crippen molar-refractivity contribution in [2.75, 3.05) is 7.11 Å². The van der Waals surface area contributed by atoms with Gasteiger partial charge in [-0.3, -0.25) is 0 Å². The highest BCUT2D eigenvalue weighted by Gasteiger charge is 2.58. The molecule has 0 rings (SSSR count). The van der Waals surface area contributed by atoms with Crippen LogP contribution in [0.5, 0.6) is 0 Å². The van der Waals surface area contributed by atoms with Gasteiger partial charge in [-0.05, 0) is 6.92 Å². The minimum atomic E-state index is -4.90. The molecule has 0 heterocycles. The second kappa shape index (κ2) is 2.69. The van der Waals surface area contributed by atoms with Gasteiger partial charge in [-0.2, -0.15) is 13.2 Å². The molecule has 0 aliphatic carbocycles. The molecule has 0 aliphatic rings. The average Bonchev–Trinajstić information content (AvgIpc) is 1.83. The number of alkyl halides is 3. The highest BCUT2D eigenvalue weighted by Crippen LogP contribution is 2.32. The van der Waals surface area contributed by atoms with E-state index in [0.29, 0.717) is 14.0 Å². The van der Waals surface area contributed by atoms with Crippen LogP contribution in [0.1, 0.15) is 6.92 Å². The zero-order valence-corrected chi connectivity index (χ0v) is 5.90. The predicted molar refractivity (Wildman–Crippen MR) is 29.1 cm³/mol. The molecule has 0 amide bonds. The Balaban J connectivity index is 4.75.